The van der Waals surface area contributed by atoms with Gasteiger partial charge in [0.25, 0.3) is 0 Å². The smallest absolute Gasteiger partial charge is 0.235 e. The van der Waals surface area contributed by atoms with Crippen LogP contribution in [0.15, 0.2) is 54.3 Å². The first-order valence-electron chi connectivity index (χ1n) is 14.1. The summed E-state index contributed by atoms with van der Waals surface area (Å²) in [6, 6.07) is 7.79. The van der Waals surface area contributed by atoms with Gasteiger partial charge in [-0.2, -0.15) is 0 Å². The Kier molecular flexibility index (Phi) is 6.06. The van der Waals surface area contributed by atoms with E-state index in [1.54, 1.807) is 6.92 Å². The number of para-hydroxylation sites is 1. The summed E-state index contributed by atoms with van der Waals surface area (Å²) in [4.78, 5) is 57.3. The molecular weight excluding hydrogens is 492 g/mol. The molecule has 6 rings (SSSR count). The number of benzene rings is 1. The van der Waals surface area contributed by atoms with Gasteiger partial charge < -0.3 is 15.0 Å². The van der Waals surface area contributed by atoms with E-state index in [-0.39, 0.29) is 54.4 Å². The number of hydrogen-bond acceptors (Lipinski definition) is 5. The summed E-state index contributed by atoms with van der Waals surface area (Å²) in [6.45, 7) is 7.83. The standard InChI is InChI=1S/C32H36N2O5/c1-17-8-7-10-22-29-31(4,39-29)19(3)27-24(15-20-16-33-23-11-6-5-9-21(20)23)34-30(38)32(22,27)26(36)13-12-25(35)28(37)18(2)14-17/h5-7,9-11,14,16-17,19,22,24,27,29,33H,8,12-13,15H2,1-4H3,(H,34,38)/b10-7+,18-14-/t17-,19+,22?,24+,27?,29?,31-,32?/m1/s1. The van der Waals surface area contributed by atoms with Gasteiger partial charge in [-0.25, -0.2) is 0 Å². The Morgan fingerprint density at radius 2 is 1.85 bits per heavy atom. The number of nitrogens with one attached hydrogen (secondary N) is 2. The number of fused-ring (bicyclic) bond motifs is 3. The monoisotopic (exact) mass is 528 g/mol. The number of aromatic amines is 1. The van der Waals surface area contributed by atoms with E-state index in [9.17, 15) is 19.2 Å². The summed E-state index contributed by atoms with van der Waals surface area (Å²) in [5, 5.41) is 4.34. The van der Waals surface area contributed by atoms with E-state index in [1.165, 1.54) is 0 Å². The van der Waals surface area contributed by atoms with Gasteiger partial charge in [-0.1, -0.05) is 50.3 Å². The van der Waals surface area contributed by atoms with Crippen molar-refractivity contribution in [3.8, 4) is 0 Å². The van der Waals surface area contributed by atoms with Gasteiger partial charge in [0.2, 0.25) is 17.5 Å². The molecule has 8 atom stereocenters. The Morgan fingerprint density at radius 1 is 1.08 bits per heavy atom. The molecule has 1 saturated carbocycles. The average molecular weight is 529 g/mol. The highest BCUT2D eigenvalue weighted by molar-refractivity contribution is 6.43. The summed E-state index contributed by atoms with van der Waals surface area (Å²) >= 11 is 0. The number of carbonyl (C=O) groups is 4. The van der Waals surface area contributed by atoms with Crippen molar-refractivity contribution in [1.29, 1.82) is 0 Å². The summed E-state index contributed by atoms with van der Waals surface area (Å²) in [5.74, 6) is -2.47. The fourth-order valence-electron chi connectivity index (χ4n) is 7.84. The Balaban J connectivity index is 1.44. The average Bonchev–Trinajstić information content (AvgIpc) is 3.31. The van der Waals surface area contributed by atoms with Crippen molar-refractivity contribution in [2.24, 2.45) is 29.1 Å². The number of rotatable bonds is 2. The molecule has 2 N–H and O–H groups in total. The van der Waals surface area contributed by atoms with Crippen LogP contribution in [0, 0.1) is 29.1 Å². The van der Waals surface area contributed by atoms with Crippen molar-refractivity contribution in [3.05, 3.63) is 59.8 Å². The van der Waals surface area contributed by atoms with Crippen LogP contribution < -0.4 is 5.32 Å². The second-order valence-electron chi connectivity index (χ2n) is 12.2. The Hall–Kier alpha value is -3.32. The van der Waals surface area contributed by atoms with Gasteiger partial charge in [-0.3, -0.25) is 19.2 Å². The van der Waals surface area contributed by atoms with Gasteiger partial charge in [0.1, 0.15) is 11.2 Å². The van der Waals surface area contributed by atoms with Crippen LogP contribution in [0.25, 0.3) is 10.9 Å². The van der Waals surface area contributed by atoms with Crippen molar-refractivity contribution in [2.45, 2.75) is 71.1 Å². The molecule has 204 valence electrons. The lowest BCUT2D eigenvalue weighted by Gasteiger charge is -2.46. The number of hydrogen-bond donors (Lipinski definition) is 2. The zero-order valence-corrected chi connectivity index (χ0v) is 23.0. The third-order valence-corrected chi connectivity index (χ3v) is 9.99. The van der Waals surface area contributed by atoms with Crippen LogP contribution in [0.4, 0.5) is 0 Å². The molecule has 0 radical (unpaired) electrons. The minimum Gasteiger partial charge on any atom is -0.365 e. The minimum absolute atomic E-state index is 0.0299. The zero-order chi connectivity index (χ0) is 27.7. The summed E-state index contributed by atoms with van der Waals surface area (Å²) < 4.78 is 6.34. The normalized spacial score (nSPS) is 40.8. The van der Waals surface area contributed by atoms with Crippen molar-refractivity contribution in [2.75, 3.05) is 0 Å². The predicted molar refractivity (Wildman–Crippen MR) is 147 cm³/mol. The zero-order valence-electron chi connectivity index (χ0n) is 23.0. The quantitative estimate of drug-likeness (QED) is 0.262. The summed E-state index contributed by atoms with van der Waals surface area (Å²) in [6.07, 6.45) is 8.46. The number of aromatic nitrogens is 1. The molecule has 3 heterocycles. The summed E-state index contributed by atoms with van der Waals surface area (Å²) in [5.41, 5.74) is 0.739. The van der Waals surface area contributed by atoms with E-state index in [1.807, 2.05) is 49.5 Å². The molecule has 4 unspecified atom stereocenters. The largest absolute Gasteiger partial charge is 0.365 e. The predicted octanol–water partition coefficient (Wildman–Crippen LogP) is 4.26. The van der Waals surface area contributed by atoms with Crippen molar-refractivity contribution in [3.63, 3.8) is 0 Å². The van der Waals surface area contributed by atoms with Crippen LogP contribution in [0.1, 0.15) is 52.5 Å². The number of carbonyl (C=O) groups excluding carboxylic acids is 4. The Morgan fingerprint density at radius 3 is 2.64 bits per heavy atom. The van der Waals surface area contributed by atoms with E-state index in [2.05, 4.69) is 30.2 Å². The SMILES string of the molecule is C/C1=C/[C@H](C)C/C=C/C2C3O[C@]3(C)[C@@H](C)C3[C@H](Cc4c[nH]c5ccccc45)NC(=O)C23C(=O)CCC(=O)C1=O. The van der Waals surface area contributed by atoms with Crippen LogP contribution in [-0.2, 0) is 30.3 Å². The summed E-state index contributed by atoms with van der Waals surface area (Å²) in [7, 11) is 0. The molecular formula is C32H36N2O5. The molecule has 1 aromatic carbocycles. The molecule has 1 aromatic heterocycles. The van der Waals surface area contributed by atoms with Gasteiger partial charge in [0, 0.05) is 47.8 Å². The lowest BCUT2D eigenvalue weighted by Crippen LogP contribution is -2.58. The number of amides is 1. The number of H-pyrrole nitrogens is 1. The molecule has 3 fully saturated rings. The van der Waals surface area contributed by atoms with Gasteiger partial charge in [-0.05, 0) is 55.7 Å². The molecule has 1 amide bonds. The maximum absolute atomic E-state index is 14.3. The highest BCUT2D eigenvalue weighted by Crippen LogP contribution is 2.66. The molecule has 2 aliphatic carbocycles. The van der Waals surface area contributed by atoms with Crippen molar-refractivity contribution < 1.29 is 23.9 Å². The lowest BCUT2D eigenvalue weighted by atomic mass is 9.51. The highest BCUT2D eigenvalue weighted by Gasteiger charge is 2.78. The topological polar surface area (TPSA) is 109 Å². The van der Waals surface area contributed by atoms with Crippen LogP contribution in [-0.4, -0.2) is 46.0 Å². The molecule has 7 nitrogen and oxygen atoms in total. The highest BCUT2D eigenvalue weighted by atomic mass is 16.6. The minimum atomic E-state index is -1.35. The fourth-order valence-corrected chi connectivity index (χ4v) is 7.84. The third-order valence-electron chi connectivity index (χ3n) is 9.99. The molecule has 7 heteroatoms. The number of allylic oxidation sites excluding steroid dienone is 3. The second-order valence-corrected chi connectivity index (χ2v) is 12.2. The number of ether oxygens (including phenoxy) is 1. The number of epoxide rings is 1. The fraction of sp³-hybridized carbons (Fsp3) is 0.500. The molecule has 2 aromatic rings. The third kappa shape index (κ3) is 3.80. The van der Waals surface area contributed by atoms with E-state index in [0.717, 1.165) is 16.5 Å². The molecule has 4 aliphatic rings. The molecule has 1 spiro atoms. The molecule has 2 saturated heterocycles. The second kappa shape index (κ2) is 9.12. The van der Waals surface area contributed by atoms with E-state index in [4.69, 9.17) is 4.74 Å². The van der Waals surface area contributed by atoms with Crippen LogP contribution in [0.2, 0.25) is 0 Å². The van der Waals surface area contributed by atoms with Crippen molar-refractivity contribution >= 4 is 34.2 Å². The van der Waals surface area contributed by atoms with Crippen LogP contribution >= 0.6 is 0 Å². The van der Waals surface area contributed by atoms with Gasteiger partial charge in [-0.15, -0.1) is 0 Å². The van der Waals surface area contributed by atoms with Crippen LogP contribution in [0.3, 0.4) is 0 Å². The first kappa shape index (κ1) is 25.9. The Labute approximate surface area is 228 Å². The van der Waals surface area contributed by atoms with Gasteiger partial charge in [0.15, 0.2) is 0 Å². The number of Topliss-reactive ketones (excluding diaryl/α,β-unsaturated/α-hetero) is 3. The van der Waals surface area contributed by atoms with Gasteiger partial charge >= 0.3 is 0 Å². The maximum Gasteiger partial charge on any atom is 0.235 e. The number of ketones is 3. The van der Waals surface area contributed by atoms with E-state index >= 15 is 0 Å². The van der Waals surface area contributed by atoms with E-state index in [0.29, 0.717) is 18.4 Å². The Bertz CT molecular complexity index is 1450. The molecule has 0 bridgehead atoms. The van der Waals surface area contributed by atoms with E-state index < -0.39 is 28.5 Å². The van der Waals surface area contributed by atoms with Crippen LogP contribution in [0.5, 0.6) is 0 Å². The molecule has 39 heavy (non-hydrogen) atoms. The lowest BCUT2D eigenvalue weighted by molar-refractivity contribution is -0.149. The van der Waals surface area contributed by atoms with Crippen molar-refractivity contribution in [1.82, 2.24) is 10.3 Å². The molecule has 2 aliphatic heterocycles. The maximum atomic E-state index is 14.3. The first-order chi connectivity index (χ1) is 18.6. The first-order valence-corrected chi connectivity index (χ1v) is 14.1. The van der Waals surface area contributed by atoms with Gasteiger partial charge in [0.05, 0.1) is 11.7 Å².